The summed E-state index contributed by atoms with van der Waals surface area (Å²) in [4.78, 5) is 21.4. The van der Waals surface area contributed by atoms with Gasteiger partial charge in [0.05, 0.1) is 5.69 Å². The highest BCUT2D eigenvalue weighted by atomic mass is 16.1. The van der Waals surface area contributed by atoms with E-state index in [0.717, 1.165) is 12.7 Å². The standard InChI is InChI=1S/C10H14N2O2/c1-11-10(14)5-3-7-12-6-2-4-9(12)8-13/h2,4,6,8H,3,5,7H2,1H3,(H,11,14). The summed E-state index contributed by atoms with van der Waals surface area (Å²) in [6.07, 6.45) is 3.90. The molecular weight excluding hydrogens is 180 g/mol. The molecule has 1 aromatic heterocycles. The van der Waals surface area contributed by atoms with Gasteiger partial charge in [0.25, 0.3) is 0 Å². The number of nitrogens with zero attached hydrogens (tertiary/aromatic N) is 1. The van der Waals surface area contributed by atoms with Gasteiger partial charge in [-0.15, -0.1) is 0 Å². The van der Waals surface area contributed by atoms with Crippen LogP contribution in [0.25, 0.3) is 0 Å². The van der Waals surface area contributed by atoms with Crippen molar-refractivity contribution in [1.29, 1.82) is 0 Å². The molecule has 0 bridgehead atoms. The first-order chi connectivity index (χ1) is 6.77. The number of aldehydes is 1. The monoisotopic (exact) mass is 194 g/mol. The maximum atomic E-state index is 10.9. The predicted octanol–water partition coefficient (Wildman–Crippen LogP) is 0.827. The Morgan fingerprint density at radius 3 is 3.07 bits per heavy atom. The Morgan fingerprint density at radius 1 is 1.64 bits per heavy atom. The lowest BCUT2D eigenvalue weighted by Gasteiger charge is -2.04. The average molecular weight is 194 g/mol. The summed E-state index contributed by atoms with van der Waals surface area (Å²) in [6, 6.07) is 3.58. The van der Waals surface area contributed by atoms with Gasteiger partial charge in [-0.25, -0.2) is 0 Å². The fourth-order valence-electron chi connectivity index (χ4n) is 1.27. The molecule has 0 fully saturated rings. The fraction of sp³-hybridized carbons (Fsp3) is 0.400. The van der Waals surface area contributed by atoms with Gasteiger partial charge >= 0.3 is 0 Å². The van der Waals surface area contributed by atoms with E-state index in [0.29, 0.717) is 18.7 Å². The van der Waals surface area contributed by atoms with Crippen LogP contribution in [0.2, 0.25) is 0 Å². The van der Waals surface area contributed by atoms with Crippen molar-refractivity contribution in [2.45, 2.75) is 19.4 Å². The molecule has 0 saturated heterocycles. The molecule has 1 aromatic rings. The molecule has 1 heterocycles. The minimum absolute atomic E-state index is 0.0322. The van der Waals surface area contributed by atoms with Gasteiger partial charge in [-0.1, -0.05) is 0 Å². The van der Waals surface area contributed by atoms with E-state index in [1.807, 2.05) is 16.8 Å². The lowest BCUT2D eigenvalue weighted by atomic mass is 10.3. The molecule has 0 unspecified atom stereocenters. The van der Waals surface area contributed by atoms with Gasteiger partial charge in [-0.05, 0) is 18.6 Å². The zero-order valence-electron chi connectivity index (χ0n) is 8.19. The highest BCUT2D eigenvalue weighted by molar-refractivity contribution is 5.75. The van der Waals surface area contributed by atoms with Gasteiger partial charge in [0.1, 0.15) is 0 Å². The minimum atomic E-state index is 0.0322. The number of nitrogens with one attached hydrogen (secondary N) is 1. The van der Waals surface area contributed by atoms with Crippen molar-refractivity contribution in [3.63, 3.8) is 0 Å². The van der Waals surface area contributed by atoms with Crippen LogP contribution in [0.1, 0.15) is 23.3 Å². The summed E-state index contributed by atoms with van der Waals surface area (Å²) in [5.41, 5.74) is 0.655. The number of aromatic nitrogens is 1. The molecule has 0 aliphatic heterocycles. The third-order valence-electron chi connectivity index (χ3n) is 2.07. The second-order valence-electron chi connectivity index (χ2n) is 3.02. The number of hydrogen-bond acceptors (Lipinski definition) is 2. The number of amides is 1. The molecular formula is C10H14N2O2. The van der Waals surface area contributed by atoms with E-state index < -0.39 is 0 Å². The van der Waals surface area contributed by atoms with Gasteiger partial charge < -0.3 is 9.88 Å². The molecule has 76 valence electrons. The average Bonchev–Trinajstić information content (AvgIpc) is 2.65. The SMILES string of the molecule is CNC(=O)CCCn1cccc1C=O. The molecule has 0 aliphatic rings. The van der Waals surface area contributed by atoms with Gasteiger partial charge in [0.2, 0.25) is 5.91 Å². The molecule has 0 spiro atoms. The van der Waals surface area contributed by atoms with Gasteiger partial charge in [-0.2, -0.15) is 0 Å². The smallest absolute Gasteiger partial charge is 0.219 e. The van der Waals surface area contributed by atoms with Crippen LogP contribution in [0.5, 0.6) is 0 Å². The van der Waals surface area contributed by atoms with Crippen LogP contribution < -0.4 is 5.32 Å². The Balaban J connectivity index is 2.38. The highest BCUT2D eigenvalue weighted by Gasteiger charge is 2.00. The highest BCUT2D eigenvalue weighted by Crippen LogP contribution is 2.02. The van der Waals surface area contributed by atoms with Crippen LogP contribution >= 0.6 is 0 Å². The van der Waals surface area contributed by atoms with Crippen molar-refractivity contribution in [3.05, 3.63) is 24.0 Å². The summed E-state index contributed by atoms with van der Waals surface area (Å²) < 4.78 is 1.84. The van der Waals surface area contributed by atoms with E-state index in [4.69, 9.17) is 0 Å². The molecule has 0 saturated carbocycles. The van der Waals surface area contributed by atoms with E-state index in [-0.39, 0.29) is 5.91 Å². The number of rotatable bonds is 5. The Bertz CT molecular complexity index is 318. The summed E-state index contributed by atoms with van der Waals surface area (Å²) >= 11 is 0. The van der Waals surface area contributed by atoms with Crippen LogP contribution in [0.15, 0.2) is 18.3 Å². The first-order valence-electron chi connectivity index (χ1n) is 4.59. The molecule has 1 rings (SSSR count). The van der Waals surface area contributed by atoms with E-state index in [2.05, 4.69) is 5.32 Å². The Morgan fingerprint density at radius 2 is 2.43 bits per heavy atom. The van der Waals surface area contributed by atoms with Crippen molar-refractivity contribution in [1.82, 2.24) is 9.88 Å². The lowest BCUT2D eigenvalue weighted by molar-refractivity contribution is -0.120. The number of hydrogen-bond donors (Lipinski definition) is 1. The van der Waals surface area contributed by atoms with Crippen LogP contribution in [-0.4, -0.2) is 23.8 Å². The molecule has 0 atom stereocenters. The largest absolute Gasteiger partial charge is 0.359 e. The summed E-state index contributed by atoms with van der Waals surface area (Å²) in [7, 11) is 1.62. The molecule has 0 aliphatic carbocycles. The topological polar surface area (TPSA) is 51.1 Å². The molecule has 0 aromatic carbocycles. The van der Waals surface area contributed by atoms with Crippen LogP contribution in [0.3, 0.4) is 0 Å². The van der Waals surface area contributed by atoms with E-state index in [1.165, 1.54) is 0 Å². The second kappa shape index (κ2) is 5.21. The normalized spacial score (nSPS) is 9.79. The first kappa shape index (κ1) is 10.5. The van der Waals surface area contributed by atoms with Gasteiger partial charge in [-0.3, -0.25) is 9.59 Å². The second-order valence-corrected chi connectivity index (χ2v) is 3.02. The van der Waals surface area contributed by atoms with E-state index in [9.17, 15) is 9.59 Å². The summed E-state index contributed by atoms with van der Waals surface area (Å²) in [5, 5.41) is 2.56. The first-order valence-corrected chi connectivity index (χ1v) is 4.59. The van der Waals surface area contributed by atoms with Crippen LogP contribution in [0, 0.1) is 0 Å². The van der Waals surface area contributed by atoms with Crippen molar-refractivity contribution < 1.29 is 9.59 Å². The summed E-state index contributed by atoms with van der Waals surface area (Å²) in [5.74, 6) is 0.0322. The number of carbonyl (C=O) groups is 2. The molecule has 14 heavy (non-hydrogen) atoms. The number of aryl methyl sites for hydroxylation is 1. The molecule has 1 N–H and O–H groups in total. The predicted molar refractivity (Wildman–Crippen MR) is 53.1 cm³/mol. The minimum Gasteiger partial charge on any atom is -0.359 e. The van der Waals surface area contributed by atoms with Crippen molar-refractivity contribution in [3.8, 4) is 0 Å². The van der Waals surface area contributed by atoms with Crippen molar-refractivity contribution >= 4 is 12.2 Å². The number of carbonyl (C=O) groups excluding carboxylic acids is 2. The van der Waals surface area contributed by atoms with Crippen molar-refractivity contribution in [2.24, 2.45) is 0 Å². The maximum Gasteiger partial charge on any atom is 0.219 e. The maximum absolute atomic E-state index is 10.9. The quantitative estimate of drug-likeness (QED) is 0.706. The zero-order chi connectivity index (χ0) is 10.4. The Labute approximate surface area is 82.9 Å². The van der Waals surface area contributed by atoms with E-state index in [1.54, 1.807) is 13.1 Å². The van der Waals surface area contributed by atoms with Gasteiger partial charge in [0.15, 0.2) is 6.29 Å². The van der Waals surface area contributed by atoms with Crippen LogP contribution in [-0.2, 0) is 11.3 Å². The van der Waals surface area contributed by atoms with Crippen molar-refractivity contribution in [2.75, 3.05) is 7.05 Å². The molecule has 0 radical (unpaired) electrons. The lowest BCUT2D eigenvalue weighted by Crippen LogP contribution is -2.17. The summed E-state index contributed by atoms with van der Waals surface area (Å²) in [6.45, 7) is 0.703. The van der Waals surface area contributed by atoms with Crippen LogP contribution in [0.4, 0.5) is 0 Å². The van der Waals surface area contributed by atoms with Gasteiger partial charge in [0, 0.05) is 26.2 Å². The Hall–Kier alpha value is -1.58. The molecule has 4 nitrogen and oxygen atoms in total. The zero-order valence-corrected chi connectivity index (χ0v) is 8.19. The van der Waals surface area contributed by atoms with E-state index >= 15 is 0 Å². The molecule has 1 amide bonds. The third kappa shape index (κ3) is 2.73. The fourth-order valence-corrected chi connectivity index (χ4v) is 1.27. The molecule has 4 heteroatoms. The Kier molecular flexibility index (Phi) is 3.91. The third-order valence-corrected chi connectivity index (χ3v) is 2.07.